The molecule has 53 heavy (non-hydrogen) atoms. The Bertz CT molecular complexity index is 2810. The lowest BCUT2D eigenvalue weighted by Crippen LogP contribution is -2.32. The molecular formula is C49H30N2OS. The monoisotopic (exact) mass is 694 g/mol. The molecule has 1 aliphatic heterocycles. The lowest BCUT2D eigenvalue weighted by molar-refractivity contribution is 0.615. The molecule has 4 heteroatoms. The van der Waals surface area contributed by atoms with Crippen molar-refractivity contribution in [3.8, 4) is 56.2 Å². The molecular weight excluding hydrogens is 665 g/mol. The molecule has 9 aromatic rings. The summed E-state index contributed by atoms with van der Waals surface area (Å²) >= 11 is 1.86. The Labute approximate surface area is 311 Å². The molecule has 1 aliphatic carbocycles. The maximum Gasteiger partial charge on any atom is 0.160 e. The molecule has 0 fully saturated rings. The fourth-order valence-electron chi connectivity index (χ4n) is 8.52. The van der Waals surface area contributed by atoms with Crippen molar-refractivity contribution in [2.24, 2.45) is 0 Å². The fraction of sp³-hybridized carbons (Fsp3) is 0.0204. The van der Waals surface area contributed by atoms with Crippen LogP contribution in [-0.2, 0) is 5.41 Å². The molecule has 1 spiro atoms. The summed E-state index contributed by atoms with van der Waals surface area (Å²) in [5, 5.41) is 1.14. The van der Waals surface area contributed by atoms with Gasteiger partial charge in [-0.25, -0.2) is 9.97 Å². The van der Waals surface area contributed by atoms with E-state index in [1.54, 1.807) is 0 Å². The Morgan fingerprint density at radius 2 is 1.02 bits per heavy atom. The molecule has 0 atom stereocenters. The zero-order valence-electron chi connectivity index (χ0n) is 28.5. The number of rotatable bonds is 4. The lowest BCUT2D eigenvalue weighted by Gasteiger charge is -2.39. The van der Waals surface area contributed by atoms with Crippen LogP contribution in [0.1, 0.15) is 22.3 Å². The third-order valence-electron chi connectivity index (χ3n) is 10.9. The highest BCUT2D eigenvalue weighted by Gasteiger charge is 2.51. The summed E-state index contributed by atoms with van der Waals surface area (Å²) in [6.45, 7) is 0. The first-order valence-electron chi connectivity index (χ1n) is 17.9. The molecule has 0 saturated heterocycles. The highest BCUT2D eigenvalue weighted by molar-refractivity contribution is 7.99. The van der Waals surface area contributed by atoms with E-state index in [1.807, 2.05) is 30.2 Å². The van der Waals surface area contributed by atoms with Crippen molar-refractivity contribution in [3.63, 3.8) is 0 Å². The molecule has 7 aromatic carbocycles. The maximum absolute atomic E-state index is 5.99. The minimum atomic E-state index is -0.518. The number of benzene rings is 7. The molecule has 2 aromatic heterocycles. The van der Waals surface area contributed by atoms with E-state index in [0.717, 1.165) is 44.6 Å². The van der Waals surface area contributed by atoms with Crippen molar-refractivity contribution >= 4 is 22.7 Å². The summed E-state index contributed by atoms with van der Waals surface area (Å²) in [5.41, 5.74) is 15.2. The molecule has 0 unspecified atom stereocenters. The average molecular weight is 695 g/mol. The van der Waals surface area contributed by atoms with Crippen molar-refractivity contribution in [1.82, 2.24) is 9.97 Å². The quantitative estimate of drug-likeness (QED) is 0.184. The van der Waals surface area contributed by atoms with E-state index in [0.29, 0.717) is 5.82 Å². The second-order valence-corrected chi connectivity index (χ2v) is 14.8. The van der Waals surface area contributed by atoms with Gasteiger partial charge in [0, 0.05) is 31.9 Å². The van der Waals surface area contributed by atoms with Crippen molar-refractivity contribution in [2.75, 3.05) is 0 Å². The molecule has 0 N–H and O–H groups in total. The van der Waals surface area contributed by atoms with E-state index in [9.17, 15) is 0 Å². The van der Waals surface area contributed by atoms with Gasteiger partial charge in [0.05, 0.1) is 23.1 Å². The number of furan rings is 1. The van der Waals surface area contributed by atoms with Gasteiger partial charge >= 0.3 is 0 Å². The minimum absolute atomic E-state index is 0.518. The molecule has 0 amide bonds. The van der Waals surface area contributed by atoms with Crippen LogP contribution in [-0.4, -0.2) is 9.97 Å². The van der Waals surface area contributed by atoms with Gasteiger partial charge in [-0.3, -0.25) is 0 Å². The van der Waals surface area contributed by atoms with Gasteiger partial charge in [-0.05, 0) is 80.9 Å². The molecule has 11 rings (SSSR count). The zero-order chi connectivity index (χ0) is 34.9. The van der Waals surface area contributed by atoms with Crippen LogP contribution < -0.4 is 0 Å². The highest BCUT2D eigenvalue weighted by atomic mass is 32.2. The predicted octanol–water partition coefficient (Wildman–Crippen LogP) is 12.7. The van der Waals surface area contributed by atoms with Crippen LogP contribution in [0.4, 0.5) is 0 Å². The fourth-order valence-corrected chi connectivity index (χ4v) is 9.71. The van der Waals surface area contributed by atoms with Crippen LogP contribution in [0, 0.1) is 0 Å². The number of hydrogen-bond acceptors (Lipinski definition) is 4. The summed E-state index contributed by atoms with van der Waals surface area (Å²) in [6.07, 6.45) is 1.81. The van der Waals surface area contributed by atoms with Crippen molar-refractivity contribution in [3.05, 3.63) is 204 Å². The number of hydrogen-bond donors (Lipinski definition) is 0. The van der Waals surface area contributed by atoms with E-state index in [1.165, 1.54) is 48.7 Å². The van der Waals surface area contributed by atoms with E-state index in [2.05, 4.69) is 164 Å². The summed E-state index contributed by atoms with van der Waals surface area (Å²) in [4.78, 5) is 13.0. The van der Waals surface area contributed by atoms with E-state index in [4.69, 9.17) is 14.4 Å². The van der Waals surface area contributed by atoms with Crippen LogP contribution in [0.3, 0.4) is 0 Å². The first-order valence-corrected chi connectivity index (χ1v) is 18.7. The van der Waals surface area contributed by atoms with E-state index in [-0.39, 0.29) is 0 Å². The maximum atomic E-state index is 5.99. The molecule has 0 saturated carbocycles. The summed E-state index contributed by atoms with van der Waals surface area (Å²) in [6, 6.07) is 62.9. The van der Waals surface area contributed by atoms with Gasteiger partial charge in [-0.15, -0.1) is 0 Å². The third-order valence-corrected chi connectivity index (χ3v) is 12.0. The Kier molecular flexibility index (Phi) is 6.70. The summed E-state index contributed by atoms with van der Waals surface area (Å²) in [5.74, 6) is 0.698. The Balaban J connectivity index is 1.16. The molecule has 3 nitrogen and oxygen atoms in total. The number of aromatic nitrogens is 2. The largest absolute Gasteiger partial charge is 0.464 e. The second-order valence-electron chi connectivity index (χ2n) is 13.7. The van der Waals surface area contributed by atoms with Gasteiger partial charge in [0.1, 0.15) is 5.58 Å². The first-order chi connectivity index (χ1) is 26.3. The Morgan fingerprint density at radius 3 is 1.74 bits per heavy atom. The van der Waals surface area contributed by atoms with Gasteiger partial charge < -0.3 is 4.42 Å². The minimum Gasteiger partial charge on any atom is -0.464 e. The third kappa shape index (κ3) is 4.56. The van der Waals surface area contributed by atoms with Crippen LogP contribution in [0.5, 0.6) is 0 Å². The average Bonchev–Trinajstić information content (AvgIpc) is 3.83. The molecule has 2 aliphatic rings. The molecule has 248 valence electrons. The number of fused-ring (bicyclic) bond motifs is 11. The molecule has 0 radical (unpaired) electrons. The summed E-state index contributed by atoms with van der Waals surface area (Å²) in [7, 11) is 0. The standard InChI is InChI=1S/C49H30N2OS/c1-3-11-31(12-4-1)32-19-21-34(22-20-32)48-50-42(33-13-5-2-6-14-33)30-43(51-48)35-23-24-36-41(29-35)49(40-25-26-44-37(47(36)40)27-28-52-44)38-15-7-9-17-45(38)53-46-18-10-8-16-39(46)49/h1-30H. The predicted molar refractivity (Wildman–Crippen MR) is 215 cm³/mol. The van der Waals surface area contributed by atoms with Crippen molar-refractivity contribution < 1.29 is 4.42 Å². The van der Waals surface area contributed by atoms with Crippen LogP contribution in [0.2, 0.25) is 0 Å². The Morgan fingerprint density at radius 1 is 0.434 bits per heavy atom. The van der Waals surface area contributed by atoms with Crippen LogP contribution in [0.15, 0.2) is 196 Å². The normalized spacial score (nSPS) is 13.4. The topological polar surface area (TPSA) is 38.9 Å². The first kappa shape index (κ1) is 30.2. The Hall–Kier alpha value is -6.49. The highest BCUT2D eigenvalue weighted by Crippen LogP contribution is 2.63. The van der Waals surface area contributed by atoms with Gasteiger partial charge in [-0.1, -0.05) is 151 Å². The van der Waals surface area contributed by atoms with Gasteiger partial charge in [0.15, 0.2) is 5.82 Å². The lowest BCUT2D eigenvalue weighted by atomic mass is 9.67. The smallest absolute Gasteiger partial charge is 0.160 e. The second kappa shape index (κ2) is 11.8. The van der Waals surface area contributed by atoms with Gasteiger partial charge in [0.2, 0.25) is 0 Å². The zero-order valence-corrected chi connectivity index (χ0v) is 29.3. The van der Waals surface area contributed by atoms with Gasteiger partial charge in [0.25, 0.3) is 0 Å². The van der Waals surface area contributed by atoms with Crippen LogP contribution >= 0.6 is 11.8 Å². The van der Waals surface area contributed by atoms with E-state index >= 15 is 0 Å². The van der Waals surface area contributed by atoms with Crippen molar-refractivity contribution in [2.45, 2.75) is 15.2 Å². The summed E-state index contributed by atoms with van der Waals surface area (Å²) < 4.78 is 5.99. The SMILES string of the molecule is c1ccc(-c2ccc(-c3nc(-c4ccccc4)cc(-c4ccc5c(c4)C4(c6ccccc6Sc6ccccc64)c4ccc6occc6c4-5)n3)cc2)cc1. The van der Waals surface area contributed by atoms with E-state index < -0.39 is 5.41 Å². The van der Waals surface area contributed by atoms with Gasteiger partial charge in [-0.2, -0.15) is 0 Å². The van der Waals surface area contributed by atoms with Crippen molar-refractivity contribution in [1.29, 1.82) is 0 Å². The van der Waals surface area contributed by atoms with Crippen LogP contribution in [0.25, 0.3) is 67.1 Å². The number of nitrogens with zero attached hydrogens (tertiary/aromatic N) is 2. The molecule has 0 bridgehead atoms. The molecule has 3 heterocycles.